The van der Waals surface area contributed by atoms with E-state index in [-0.39, 0.29) is 0 Å². The van der Waals surface area contributed by atoms with Crippen LogP contribution in [0.15, 0.2) is 215 Å². The van der Waals surface area contributed by atoms with Gasteiger partial charge in [-0.15, -0.1) is 0 Å². The van der Waals surface area contributed by atoms with Gasteiger partial charge in [0.15, 0.2) is 23.1 Å². The number of aromatic nitrogens is 3. The molecule has 0 radical (unpaired) electrons. The van der Waals surface area contributed by atoms with Crippen molar-refractivity contribution in [1.82, 2.24) is 15.0 Å². The SMILES string of the molecule is c1ccc(-c2ccc(N(c3cc(-c4nc(-c5ccccc5)nc(-c5ccc6ccccc6c5)n4)c4c(c3)oc3ccccc34)c3cccc4c3oc3ccccc34)cc2)cc1. The quantitative estimate of drug-likeness (QED) is 0.160. The lowest BCUT2D eigenvalue weighted by atomic mass is 10.0. The van der Waals surface area contributed by atoms with Gasteiger partial charge in [-0.25, -0.2) is 15.0 Å². The summed E-state index contributed by atoms with van der Waals surface area (Å²) >= 11 is 0. The molecule has 3 heterocycles. The summed E-state index contributed by atoms with van der Waals surface area (Å²) in [6.07, 6.45) is 0. The van der Waals surface area contributed by atoms with Gasteiger partial charge in [0.25, 0.3) is 0 Å². The van der Waals surface area contributed by atoms with E-state index in [1.54, 1.807) is 0 Å². The summed E-state index contributed by atoms with van der Waals surface area (Å²) < 4.78 is 13.5. The van der Waals surface area contributed by atoms with Gasteiger partial charge in [0.05, 0.1) is 11.4 Å². The molecule has 0 aliphatic heterocycles. The maximum absolute atomic E-state index is 6.75. The molecule has 0 fully saturated rings. The van der Waals surface area contributed by atoms with Crippen molar-refractivity contribution in [3.8, 4) is 45.3 Å². The van der Waals surface area contributed by atoms with Crippen LogP contribution >= 0.6 is 0 Å². The van der Waals surface area contributed by atoms with Crippen LogP contribution in [0, 0.1) is 0 Å². The van der Waals surface area contributed by atoms with Crippen LogP contribution in [0.3, 0.4) is 0 Å². The average Bonchev–Trinajstić information content (AvgIpc) is 3.91. The Hall–Kier alpha value is -8.35. The fourth-order valence-corrected chi connectivity index (χ4v) is 8.58. The zero-order chi connectivity index (χ0) is 40.3. The van der Waals surface area contributed by atoms with Crippen LogP contribution in [-0.2, 0) is 0 Å². The predicted octanol–water partition coefficient (Wildman–Crippen LogP) is 15.0. The fourth-order valence-electron chi connectivity index (χ4n) is 8.58. The Balaban J connectivity index is 1.14. The number of fused-ring (bicyclic) bond motifs is 7. The molecule has 0 spiro atoms. The van der Waals surface area contributed by atoms with Crippen LogP contribution in [0.25, 0.3) is 99.9 Å². The first-order valence-electron chi connectivity index (χ1n) is 20.3. The molecule has 61 heavy (non-hydrogen) atoms. The third-order valence-corrected chi connectivity index (χ3v) is 11.5. The van der Waals surface area contributed by atoms with E-state index in [9.17, 15) is 0 Å². The van der Waals surface area contributed by atoms with Crippen LogP contribution in [0.2, 0.25) is 0 Å². The van der Waals surface area contributed by atoms with Crippen molar-refractivity contribution >= 4 is 71.7 Å². The normalized spacial score (nSPS) is 11.6. The summed E-state index contributed by atoms with van der Waals surface area (Å²) in [7, 11) is 0. The van der Waals surface area contributed by atoms with Crippen molar-refractivity contribution in [3.63, 3.8) is 0 Å². The molecule has 0 saturated heterocycles. The number of hydrogen-bond donors (Lipinski definition) is 0. The second-order valence-corrected chi connectivity index (χ2v) is 15.2. The summed E-state index contributed by atoms with van der Waals surface area (Å²) in [5.41, 5.74) is 10.7. The Labute approximate surface area is 350 Å². The molecule has 0 atom stereocenters. The number of anilines is 3. The Kier molecular flexibility index (Phi) is 8.06. The Bertz CT molecular complexity index is 3590. The average molecular weight is 783 g/mol. The molecule has 0 amide bonds. The number of para-hydroxylation sites is 3. The highest BCUT2D eigenvalue weighted by molar-refractivity contribution is 6.14. The highest BCUT2D eigenvalue weighted by Gasteiger charge is 2.25. The summed E-state index contributed by atoms with van der Waals surface area (Å²) in [6, 6.07) is 70.9. The maximum Gasteiger partial charge on any atom is 0.164 e. The highest BCUT2D eigenvalue weighted by Crippen LogP contribution is 2.46. The largest absolute Gasteiger partial charge is 0.456 e. The van der Waals surface area contributed by atoms with Crippen LogP contribution in [0.4, 0.5) is 17.1 Å². The standard InChI is InChI=1S/C55H34N4O2/c1-3-14-35(15-4-1)37-28-30-41(31-29-37)59(47-23-13-22-44-43-20-9-11-24-48(43)61-52(44)47)42-33-46(51-45-21-10-12-25-49(45)60-50(51)34-42)55-57-53(38-17-5-2-6-18-38)56-54(58-55)40-27-26-36-16-7-8-19-39(36)32-40/h1-34H. The van der Waals surface area contributed by atoms with Crippen molar-refractivity contribution in [1.29, 1.82) is 0 Å². The molecule has 0 aliphatic carbocycles. The molecule has 6 heteroatoms. The topological polar surface area (TPSA) is 68.2 Å². The molecule has 0 N–H and O–H groups in total. The second-order valence-electron chi connectivity index (χ2n) is 15.2. The third-order valence-electron chi connectivity index (χ3n) is 11.5. The lowest BCUT2D eigenvalue weighted by Crippen LogP contribution is -2.11. The van der Waals surface area contributed by atoms with E-state index in [4.69, 9.17) is 23.8 Å². The van der Waals surface area contributed by atoms with E-state index in [0.29, 0.717) is 23.1 Å². The highest BCUT2D eigenvalue weighted by atomic mass is 16.3. The molecule has 0 unspecified atom stereocenters. The number of hydrogen-bond acceptors (Lipinski definition) is 6. The van der Waals surface area contributed by atoms with E-state index >= 15 is 0 Å². The molecule has 0 saturated carbocycles. The molecule has 0 bridgehead atoms. The molecule has 286 valence electrons. The van der Waals surface area contributed by atoms with Gasteiger partial charge < -0.3 is 13.7 Å². The van der Waals surface area contributed by atoms with Gasteiger partial charge in [-0.05, 0) is 64.4 Å². The summed E-state index contributed by atoms with van der Waals surface area (Å²) in [4.78, 5) is 17.9. The Morgan fingerprint density at radius 3 is 1.72 bits per heavy atom. The van der Waals surface area contributed by atoms with Crippen molar-refractivity contribution < 1.29 is 8.83 Å². The molecule has 6 nitrogen and oxygen atoms in total. The van der Waals surface area contributed by atoms with E-state index in [1.165, 1.54) is 0 Å². The molecule has 9 aromatic carbocycles. The summed E-state index contributed by atoms with van der Waals surface area (Å²) in [5.74, 6) is 1.71. The minimum Gasteiger partial charge on any atom is -0.456 e. The number of furan rings is 2. The van der Waals surface area contributed by atoms with Gasteiger partial charge in [-0.1, -0.05) is 158 Å². The van der Waals surface area contributed by atoms with Crippen LogP contribution in [-0.4, -0.2) is 15.0 Å². The molecule has 12 rings (SSSR count). The number of rotatable bonds is 7. The van der Waals surface area contributed by atoms with Gasteiger partial charge in [0.2, 0.25) is 0 Å². The van der Waals surface area contributed by atoms with Gasteiger partial charge in [0, 0.05) is 50.0 Å². The van der Waals surface area contributed by atoms with Crippen molar-refractivity contribution in [2.75, 3.05) is 4.90 Å². The first-order chi connectivity index (χ1) is 30.2. The monoisotopic (exact) mass is 782 g/mol. The number of benzene rings is 9. The van der Waals surface area contributed by atoms with Crippen molar-refractivity contribution in [2.24, 2.45) is 0 Å². The zero-order valence-corrected chi connectivity index (χ0v) is 32.7. The van der Waals surface area contributed by atoms with Crippen molar-refractivity contribution in [2.45, 2.75) is 0 Å². The first-order valence-corrected chi connectivity index (χ1v) is 20.3. The first kappa shape index (κ1) is 34.7. The molecule has 12 aromatic rings. The minimum atomic E-state index is 0.539. The molecule has 3 aromatic heterocycles. The van der Waals surface area contributed by atoms with Gasteiger partial charge in [0.1, 0.15) is 16.7 Å². The Morgan fingerprint density at radius 1 is 0.344 bits per heavy atom. The summed E-state index contributed by atoms with van der Waals surface area (Å²) in [5, 5.41) is 6.27. The van der Waals surface area contributed by atoms with Crippen molar-refractivity contribution in [3.05, 3.63) is 206 Å². The third kappa shape index (κ3) is 6.00. The minimum absolute atomic E-state index is 0.539. The molecular weight excluding hydrogens is 749 g/mol. The smallest absolute Gasteiger partial charge is 0.164 e. The Morgan fingerprint density at radius 2 is 0.934 bits per heavy atom. The molecule has 0 aliphatic rings. The van der Waals surface area contributed by atoms with Gasteiger partial charge >= 0.3 is 0 Å². The maximum atomic E-state index is 6.75. The van der Waals surface area contributed by atoms with Gasteiger partial charge in [-0.3, -0.25) is 0 Å². The lowest BCUT2D eigenvalue weighted by Gasteiger charge is -2.26. The number of nitrogens with zero attached hydrogens (tertiary/aromatic N) is 4. The van der Waals surface area contributed by atoms with E-state index in [2.05, 4.69) is 144 Å². The summed E-state index contributed by atoms with van der Waals surface area (Å²) in [6.45, 7) is 0. The van der Waals surface area contributed by atoms with Gasteiger partial charge in [-0.2, -0.15) is 0 Å². The van der Waals surface area contributed by atoms with Crippen LogP contribution < -0.4 is 4.90 Å². The van der Waals surface area contributed by atoms with E-state index < -0.39 is 0 Å². The van der Waals surface area contributed by atoms with Crippen LogP contribution in [0.1, 0.15) is 0 Å². The van der Waals surface area contributed by atoms with Crippen LogP contribution in [0.5, 0.6) is 0 Å². The predicted molar refractivity (Wildman–Crippen MR) is 248 cm³/mol. The molecular formula is C55H34N4O2. The van der Waals surface area contributed by atoms with E-state index in [1.807, 2.05) is 66.7 Å². The lowest BCUT2D eigenvalue weighted by molar-refractivity contribution is 0.667. The van der Waals surface area contributed by atoms with E-state index in [0.717, 1.165) is 93.9 Å². The zero-order valence-electron chi connectivity index (χ0n) is 32.7. The fraction of sp³-hybridized carbons (Fsp3) is 0. The second kappa shape index (κ2) is 14.2.